The number of urea groups is 1. The smallest absolute Gasteiger partial charge is 0.315 e. The Labute approximate surface area is 162 Å². The van der Waals surface area contributed by atoms with Crippen molar-refractivity contribution in [3.05, 3.63) is 0 Å². The van der Waals surface area contributed by atoms with Crippen molar-refractivity contribution >= 4 is 35.6 Å². The van der Waals surface area contributed by atoms with E-state index in [0.717, 1.165) is 6.42 Å². The molecule has 3 atom stereocenters. The number of carbonyl (C=O) groups is 4. The number of hydrogen-bond donors (Lipinski definition) is 5. The van der Waals surface area contributed by atoms with Crippen molar-refractivity contribution in [3.63, 3.8) is 0 Å². The van der Waals surface area contributed by atoms with Gasteiger partial charge in [-0.2, -0.15) is 0 Å². The van der Waals surface area contributed by atoms with Crippen molar-refractivity contribution in [3.8, 4) is 0 Å². The molecule has 0 saturated carbocycles. The lowest BCUT2D eigenvalue weighted by molar-refractivity contribution is -0.138. The Balaban J connectivity index is 1.89. The van der Waals surface area contributed by atoms with Gasteiger partial charge in [0.05, 0.1) is 12.1 Å². The van der Waals surface area contributed by atoms with Crippen LogP contribution in [0.15, 0.2) is 0 Å². The maximum absolute atomic E-state index is 13.0. The minimum atomic E-state index is -0.859. The van der Waals surface area contributed by atoms with Crippen molar-refractivity contribution < 1.29 is 29.4 Å². The van der Waals surface area contributed by atoms with E-state index < -0.39 is 16.7 Å². The highest BCUT2D eigenvalue weighted by Gasteiger charge is 2.57. The number of unbranched alkanes of at least 4 members (excludes halogenated alkanes) is 3. The fourth-order valence-electron chi connectivity index (χ4n) is 3.58. The van der Waals surface area contributed by atoms with Crippen LogP contribution in [0.3, 0.4) is 0 Å². The van der Waals surface area contributed by atoms with Gasteiger partial charge in [0.25, 0.3) is 0 Å². The first-order valence-electron chi connectivity index (χ1n) is 9.28. The molecule has 0 bridgehead atoms. The second kappa shape index (κ2) is 9.82. The van der Waals surface area contributed by atoms with Crippen LogP contribution in [0.1, 0.15) is 51.4 Å². The zero-order valence-electron chi connectivity index (χ0n) is 15.2. The molecule has 10 heteroatoms. The first kappa shape index (κ1) is 21.3. The fourth-order valence-corrected chi connectivity index (χ4v) is 5.23. The van der Waals surface area contributed by atoms with Gasteiger partial charge in [-0.25, -0.2) is 4.79 Å². The molecule has 2 rings (SSSR count). The van der Waals surface area contributed by atoms with Crippen LogP contribution < -0.4 is 16.0 Å². The number of carbonyl (C=O) groups excluding carboxylic acids is 2. The van der Waals surface area contributed by atoms with Crippen LogP contribution in [0, 0.1) is 0 Å². The van der Waals surface area contributed by atoms with E-state index >= 15 is 0 Å². The highest BCUT2D eigenvalue weighted by Crippen LogP contribution is 2.44. The van der Waals surface area contributed by atoms with E-state index in [4.69, 9.17) is 10.2 Å². The van der Waals surface area contributed by atoms with Gasteiger partial charge in [-0.15, -0.1) is 11.8 Å². The van der Waals surface area contributed by atoms with Crippen LogP contribution in [0.2, 0.25) is 0 Å². The van der Waals surface area contributed by atoms with Gasteiger partial charge in [0, 0.05) is 25.1 Å². The van der Waals surface area contributed by atoms with Crippen LogP contribution in [-0.4, -0.2) is 63.2 Å². The lowest BCUT2D eigenvalue weighted by Crippen LogP contribution is -2.56. The summed E-state index contributed by atoms with van der Waals surface area (Å²) in [5, 5.41) is 26.0. The molecule has 3 amide bonds. The molecule has 0 aromatic heterocycles. The summed E-state index contributed by atoms with van der Waals surface area (Å²) in [6.07, 6.45) is 3.74. The van der Waals surface area contributed by atoms with Gasteiger partial charge in [-0.05, 0) is 25.7 Å². The van der Waals surface area contributed by atoms with E-state index in [1.165, 1.54) is 11.8 Å². The van der Waals surface area contributed by atoms with Gasteiger partial charge in [0.15, 0.2) is 0 Å². The van der Waals surface area contributed by atoms with Crippen LogP contribution in [0.4, 0.5) is 4.79 Å². The average molecular weight is 401 g/mol. The molecule has 152 valence electrons. The van der Waals surface area contributed by atoms with Crippen molar-refractivity contribution in [1.29, 1.82) is 0 Å². The number of carboxylic acid groups (broad SMARTS) is 2. The summed E-state index contributed by atoms with van der Waals surface area (Å²) < 4.78 is -0.802. The third-order valence-corrected chi connectivity index (χ3v) is 6.64. The monoisotopic (exact) mass is 401 g/mol. The normalized spacial score (nSPS) is 26.1. The quantitative estimate of drug-likeness (QED) is 0.242. The molecule has 2 aliphatic rings. The molecule has 2 saturated heterocycles. The number of thioether (sulfide) groups is 1. The maximum Gasteiger partial charge on any atom is 0.315 e. The topological polar surface area (TPSA) is 145 Å². The molecule has 2 fully saturated rings. The number of hydrogen-bond acceptors (Lipinski definition) is 5. The molecule has 0 unspecified atom stereocenters. The van der Waals surface area contributed by atoms with Gasteiger partial charge < -0.3 is 26.2 Å². The highest BCUT2D eigenvalue weighted by molar-refractivity contribution is 8.01. The summed E-state index contributed by atoms with van der Waals surface area (Å²) in [6, 6.07) is -0.697. The first-order chi connectivity index (χ1) is 12.8. The number of carboxylic acids is 2. The summed E-state index contributed by atoms with van der Waals surface area (Å²) in [6.45, 7) is 0.453. The molecule has 0 aromatic rings. The molecule has 27 heavy (non-hydrogen) atoms. The van der Waals surface area contributed by atoms with Crippen LogP contribution in [0.5, 0.6) is 0 Å². The summed E-state index contributed by atoms with van der Waals surface area (Å²) in [7, 11) is 0. The Hall–Kier alpha value is -1.97. The van der Waals surface area contributed by atoms with E-state index in [9.17, 15) is 19.2 Å². The van der Waals surface area contributed by atoms with E-state index in [0.29, 0.717) is 44.4 Å². The van der Waals surface area contributed by atoms with Crippen LogP contribution in [-0.2, 0) is 14.4 Å². The van der Waals surface area contributed by atoms with Gasteiger partial charge in [-0.3, -0.25) is 14.4 Å². The first-order valence-corrected chi connectivity index (χ1v) is 10.3. The Morgan fingerprint density at radius 2 is 1.70 bits per heavy atom. The van der Waals surface area contributed by atoms with Crippen molar-refractivity contribution in [2.45, 2.75) is 68.2 Å². The number of amides is 3. The molecule has 2 heterocycles. The molecule has 2 aliphatic heterocycles. The van der Waals surface area contributed by atoms with Gasteiger partial charge in [0.1, 0.15) is 4.75 Å². The van der Waals surface area contributed by atoms with Crippen molar-refractivity contribution in [1.82, 2.24) is 16.0 Å². The Morgan fingerprint density at radius 3 is 2.37 bits per heavy atom. The molecule has 0 radical (unpaired) electrons. The highest BCUT2D eigenvalue weighted by atomic mass is 32.2. The van der Waals surface area contributed by atoms with Crippen molar-refractivity contribution in [2.24, 2.45) is 0 Å². The number of nitrogens with one attached hydrogen (secondary N) is 3. The van der Waals surface area contributed by atoms with Crippen molar-refractivity contribution in [2.75, 3.05) is 12.3 Å². The largest absolute Gasteiger partial charge is 0.481 e. The molecular formula is C17H27N3O6S. The fraction of sp³-hybridized carbons (Fsp3) is 0.765. The SMILES string of the molecule is O=C(O)CCCCCNC(=O)[C@@]1(CCCCC(=O)O)SC[C@@H]2NC(=O)N[C@@H]21. The molecule has 0 aliphatic carbocycles. The van der Waals surface area contributed by atoms with E-state index in [1.807, 2.05) is 0 Å². The van der Waals surface area contributed by atoms with Crippen LogP contribution in [0.25, 0.3) is 0 Å². The van der Waals surface area contributed by atoms with Crippen LogP contribution >= 0.6 is 11.8 Å². The van der Waals surface area contributed by atoms with Gasteiger partial charge in [-0.1, -0.05) is 12.8 Å². The zero-order valence-corrected chi connectivity index (χ0v) is 16.0. The molecule has 0 spiro atoms. The van der Waals surface area contributed by atoms with Gasteiger partial charge in [0.2, 0.25) is 5.91 Å². The second-order valence-corrected chi connectivity index (χ2v) is 8.31. The lowest BCUT2D eigenvalue weighted by atomic mass is 9.88. The number of rotatable bonds is 12. The van der Waals surface area contributed by atoms with E-state index in [1.54, 1.807) is 0 Å². The Kier molecular flexibility index (Phi) is 7.76. The summed E-state index contributed by atoms with van der Waals surface area (Å²) in [5.41, 5.74) is 0. The third kappa shape index (κ3) is 5.75. The molecule has 9 nitrogen and oxygen atoms in total. The van der Waals surface area contributed by atoms with Gasteiger partial charge >= 0.3 is 18.0 Å². The predicted octanol–water partition coefficient (Wildman–Crippen LogP) is 0.928. The summed E-state index contributed by atoms with van der Waals surface area (Å²) in [4.78, 5) is 45.9. The average Bonchev–Trinajstić information content (AvgIpc) is 3.12. The van der Waals surface area contributed by atoms with E-state index in [-0.39, 0.29) is 36.9 Å². The summed E-state index contributed by atoms with van der Waals surface area (Å²) >= 11 is 1.51. The minimum absolute atomic E-state index is 0.0602. The minimum Gasteiger partial charge on any atom is -0.481 e. The second-order valence-electron chi connectivity index (χ2n) is 6.96. The molecule has 5 N–H and O–H groups in total. The molecular weight excluding hydrogens is 374 g/mol. The number of aliphatic carboxylic acids is 2. The third-order valence-electron chi connectivity index (χ3n) is 4.95. The standard InChI is InChI=1S/C17H27N3O6S/c21-12(22)6-2-1-5-9-18-15(25)17(8-4-3-7-13(23)24)14-11(10-27-17)19-16(26)20-14/h11,14H,1-10H2,(H,18,25)(H,21,22)(H,23,24)(H2,19,20,26)/t11-,14-,17-/m0/s1. The molecule has 0 aromatic carbocycles. The Bertz CT molecular complexity index is 587. The Morgan fingerprint density at radius 1 is 1.04 bits per heavy atom. The van der Waals surface area contributed by atoms with E-state index in [2.05, 4.69) is 16.0 Å². The lowest BCUT2D eigenvalue weighted by Gasteiger charge is -2.32. The maximum atomic E-state index is 13.0. The summed E-state index contributed by atoms with van der Waals surface area (Å²) in [5.74, 6) is -1.19. The zero-order chi connectivity index (χ0) is 19.9. The predicted molar refractivity (Wildman–Crippen MR) is 99.6 cm³/mol. The number of fused-ring (bicyclic) bond motifs is 1.